The standard InChI is InChI=1S/C34H48N14O24P4/c1-3-45-11-48(28-19(45)30(54)44-34(37)43-28)32-23(52)21(50)14(68-32)6-65-74(57,58)71-76(61,62)72-75(59,60)66-7-15-24(25(63-2)33(69-15)47-10-41-18-26(36)38-8-39-27(18)47)70-73(55,56)64-5-13-20(49)22(51)31(67-13)46-9-40-17-12(46)4-16(35)42-29(17)53/h4,8-10,13-15,20-25,31-33,49-52H,3,5-7,11H2,1-2H3,(H,55,56)(H,57,58)(H,59,60)(H,61,62)(H3,35,42,53)(H2,36,38,39)(H3,37,43,44,54)/p+1/t13-,14-,15-,20-,21-,22-,23-,24-,25-,31-,32-,33-/m1/s1. The van der Waals surface area contributed by atoms with Crippen molar-refractivity contribution in [3.05, 3.63) is 45.8 Å². The van der Waals surface area contributed by atoms with Crippen LogP contribution in [0, 0.1) is 0 Å². The lowest BCUT2D eigenvalue weighted by Gasteiger charge is -2.26. The van der Waals surface area contributed by atoms with Gasteiger partial charge in [0.2, 0.25) is 17.5 Å². The van der Waals surface area contributed by atoms with Crippen molar-refractivity contribution in [2.75, 3.05) is 62.2 Å². The van der Waals surface area contributed by atoms with Crippen LogP contribution in [0.3, 0.4) is 0 Å². The van der Waals surface area contributed by atoms with Gasteiger partial charge in [0.25, 0.3) is 5.56 Å². The molecule has 3 fully saturated rings. The zero-order chi connectivity index (χ0) is 55.0. The third-order valence-electron chi connectivity index (χ3n) is 12.3. The summed E-state index contributed by atoms with van der Waals surface area (Å²) in [6.07, 6.45) is -16.6. The van der Waals surface area contributed by atoms with E-state index < -0.39 is 136 Å². The van der Waals surface area contributed by atoms with E-state index >= 15 is 0 Å². The van der Waals surface area contributed by atoms with Gasteiger partial charge >= 0.3 is 36.9 Å². The van der Waals surface area contributed by atoms with Crippen LogP contribution in [0.25, 0.3) is 22.2 Å². The van der Waals surface area contributed by atoms with E-state index in [-0.39, 0.29) is 58.0 Å². The highest BCUT2D eigenvalue weighted by Gasteiger charge is 2.54. The number of hydrogen-bond donors (Lipinski definition) is 14. The number of methoxy groups -OCH3 is 1. The topological polar surface area (TPSA) is 548 Å². The van der Waals surface area contributed by atoms with Crippen molar-refractivity contribution in [1.82, 2.24) is 44.0 Å². The highest BCUT2D eigenvalue weighted by molar-refractivity contribution is 7.66. The molecule has 0 radical (unpaired) electrons. The largest absolute Gasteiger partial charge is 0.490 e. The molecule has 4 aliphatic heterocycles. The van der Waals surface area contributed by atoms with Gasteiger partial charge in [-0.15, -0.1) is 0 Å². The van der Waals surface area contributed by atoms with Crippen LogP contribution in [0.2, 0.25) is 0 Å². The molecule has 418 valence electrons. The number of phosphoric acid groups is 4. The highest BCUT2D eigenvalue weighted by Crippen LogP contribution is 2.68. The molecule has 0 aromatic carbocycles. The number of hydrogen-bond acceptors (Lipinski definition) is 29. The number of aliphatic hydroxyl groups is 4. The Labute approximate surface area is 423 Å². The van der Waals surface area contributed by atoms with Crippen molar-refractivity contribution in [2.24, 2.45) is 0 Å². The van der Waals surface area contributed by atoms with Gasteiger partial charge in [-0.1, -0.05) is 0 Å². The van der Waals surface area contributed by atoms with Crippen LogP contribution in [0.15, 0.2) is 34.6 Å². The Kier molecular flexibility index (Phi) is 15.5. The lowest BCUT2D eigenvalue weighted by molar-refractivity contribution is -0.824. The number of nitrogens with two attached hydrogens (primary N) is 3. The van der Waals surface area contributed by atoms with Gasteiger partial charge in [0, 0.05) is 13.2 Å². The molecule has 5 aromatic heterocycles. The van der Waals surface area contributed by atoms with Crippen molar-refractivity contribution in [1.29, 1.82) is 0 Å². The van der Waals surface area contributed by atoms with E-state index in [0.29, 0.717) is 11.4 Å². The number of pyridine rings is 1. The first-order valence-corrected chi connectivity index (χ1v) is 28.1. The number of quaternary nitrogens is 1. The molecular weight excluding hydrogens is 1110 g/mol. The summed E-state index contributed by atoms with van der Waals surface area (Å²) in [5, 5.41) is 43.4. The minimum atomic E-state index is -6.20. The molecule has 42 heteroatoms. The fourth-order valence-corrected chi connectivity index (χ4v) is 13.3. The fraction of sp³-hybridized carbons (Fsp3) is 0.559. The Morgan fingerprint density at radius 2 is 1.29 bits per heavy atom. The first kappa shape index (κ1) is 55.9. The summed E-state index contributed by atoms with van der Waals surface area (Å²) in [5.74, 6) is -0.408. The van der Waals surface area contributed by atoms with Gasteiger partial charge in [0.05, 0.1) is 44.5 Å². The Hall–Kier alpha value is -4.79. The average Bonchev–Trinajstić information content (AvgIpc) is 4.19. The Morgan fingerprint density at radius 3 is 1.93 bits per heavy atom. The molecule has 3 saturated heterocycles. The minimum Gasteiger partial charge on any atom is -0.387 e. The molecule has 0 bridgehead atoms. The van der Waals surface area contributed by atoms with Crippen LogP contribution in [0.5, 0.6) is 0 Å². The van der Waals surface area contributed by atoms with E-state index in [1.165, 1.54) is 20.1 Å². The Bertz CT molecular complexity index is 3310. The van der Waals surface area contributed by atoms with Crippen LogP contribution in [-0.4, -0.2) is 185 Å². The monoisotopic (exact) mass is 1160 g/mol. The third-order valence-corrected chi connectivity index (χ3v) is 17.5. The number of nitrogen functional groups attached to an aromatic ring is 3. The summed E-state index contributed by atoms with van der Waals surface area (Å²) in [5.41, 5.74) is 16.4. The molecule has 0 spiro atoms. The molecule has 4 aliphatic rings. The summed E-state index contributed by atoms with van der Waals surface area (Å²) in [6.45, 7) is -1.24. The van der Waals surface area contributed by atoms with Gasteiger partial charge in [0.15, 0.2) is 42.3 Å². The minimum absolute atomic E-state index is 0.00759. The second kappa shape index (κ2) is 21.1. The Balaban J connectivity index is 0.854. The molecule has 9 heterocycles. The summed E-state index contributed by atoms with van der Waals surface area (Å²) in [7, 11) is -22.3. The number of fused-ring (bicyclic) bond motifs is 3. The fourth-order valence-electron chi connectivity index (χ4n) is 8.86. The predicted molar refractivity (Wildman–Crippen MR) is 248 cm³/mol. The van der Waals surface area contributed by atoms with Gasteiger partial charge in [-0.05, 0) is 6.92 Å². The van der Waals surface area contributed by atoms with E-state index in [9.17, 15) is 67.8 Å². The van der Waals surface area contributed by atoms with Crippen LogP contribution in [0.1, 0.15) is 19.4 Å². The smallest absolute Gasteiger partial charge is 0.387 e. The van der Waals surface area contributed by atoms with Crippen molar-refractivity contribution < 1.29 is 109 Å². The molecule has 17 N–H and O–H groups in total. The number of rotatable bonds is 20. The second-order valence-electron chi connectivity index (χ2n) is 17.1. The lowest BCUT2D eigenvalue weighted by Crippen LogP contribution is -3.07. The summed E-state index contributed by atoms with van der Waals surface area (Å²) in [4.78, 5) is 94.3. The first-order valence-electron chi connectivity index (χ1n) is 22.1. The van der Waals surface area contributed by atoms with E-state index in [1.807, 2.05) is 0 Å². The van der Waals surface area contributed by atoms with Crippen LogP contribution in [-0.2, 0) is 63.9 Å². The number of H-pyrrole nitrogens is 2. The van der Waals surface area contributed by atoms with Crippen molar-refractivity contribution in [3.8, 4) is 0 Å². The van der Waals surface area contributed by atoms with Crippen molar-refractivity contribution in [2.45, 2.75) is 80.5 Å². The van der Waals surface area contributed by atoms with Gasteiger partial charge in [-0.3, -0.25) is 47.0 Å². The number of nitrogens with zero attached hydrogens (tertiary/aromatic N) is 8. The quantitative estimate of drug-likeness (QED) is 0.0325. The lowest BCUT2D eigenvalue weighted by atomic mass is 10.1. The number of phosphoric ester groups is 3. The SMILES string of the molecule is CC[NH+]1CN([C@@H]2O[C@H](COP(=O)(O)OP(=O)(O)OP(=O)(O)OC[C@H]3O[C@@H](n4cnc5c(N)ncnc54)[C@H](OC)[C@@H]3OP(=O)(O)OC[C@H]3O[C@@H](n4cnc5c(=O)[nH]c(N)cc54)[C@H](O)[C@@H]3O)[C@@H](O)[C@H]2O)c2nc(N)[nH]c(=O)c21. The maximum absolute atomic E-state index is 13.7. The zero-order valence-corrected chi connectivity index (χ0v) is 42.6. The zero-order valence-electron chi connectivity index (χ0n) is 39.0. The summed E-state index contributed by atoms with van der Waals surface area (Å²) in [6, 6.07) is 1.31. The van der Waals surface area contributed by atoms with Gasteiger partial charge < -0.3 is 85.7 Å². The molecule has 5 aromatic rings. The average molecular weight is 1160 g/mol. The van der Waals surface area contributed by atoms with Gasteiger partial charge in [0.1, 0.15) is 72.6 Å². The first-order chi connectivity index (χ1) is 35.7. The van der Waals surface area contributed by atoms with E-state index in [4.69, 9.17) is 54.2 Å². The molecule has 76 heavy (non-hydrogen) atoms. The predicted octanol–water partition coefficient (Wildman–Crippen LogP) is -4.74. The molecule has 0 saturated carbocycles. The highest BCUT2D eigenvalue weighted by atomic mass is 31.3. The van der Waals surface area contributed by atoms with E-state index in [2.05, 4.69) is 43.5 Å². The number of aromatic nitrogens is 9. The number of aromatic amines is 2. The molecule has 17 atom stereocenters. The second-order valence-corrected chi connectivity index (χ2v) is 23.2. The van der Waals surface area contributed by atoms with Crippen molar-refractivity contribution in [3.63, 3.8) is 0 Å². The molecule has 0 amide bonds. The summed E-state index contributed by atoms with van der Waals surface area (Å²) < 4.78 is 107. The van der Waals surface area contributed by atoms with Gasteiger partial charge in [-0.2, -0.15) is 13.6 Å². The summed E-state index contributed by atoms with van der Waals surface area (Å²) >= 11 is 0. The molecule has 0 aliphatic carbocycles. The molecule has 38 nitrogen and oxygen atoms in total. The molecule has 5 unspecified atom stereocenters. The van der Waals surface area contributed by atoms with E-state index in [0.717, 1.165) is 26.1 Å². The number of nitrogens with one attached hydrogen (secondary N) is 3. The molecular formula is C34H49N14O24P4+. The maximum Gasteiger partial charge on any atom is 0.490 e. The third kappa shape index (κ3) is 11.1. The number of imidazole rings is 2. The molecule has 9 rings (SSSR count). The van der Waals surface area contributed by atoms with E-state index in [1.54, 1.807) is 6.92 Å². The van der Waals surface area contributed by atoms with Crippen molar-refractivity contribution >= 4 is 82.6 Å². The van der Waals surface area contributed by atoms with Crippen LogP contribution < -0.4 is 38.1 Å². The number of ether oxygens (including phenoxy) is 4. The number of anilines is 4. The number of aliphatic hydroxyl groups excluding tert-OH is 4. The van der Waals surface area contributed by atoms with Crippen LogP contribution >= 0.6 is 31.3 Å². The normalized spacial score (nSPS) is 31.9. The Morgan fingerprint density at radius 1 is 0.711 bits per heavy atom. The maximum atomic E-state index is 13.7. The van der Waals surface area contributed by atoms with Crippen LogP contribution in [0.4, 0.5) is 29.1 Å². The van der Waals surface area contributed by atoms with Gasteiger partial charge in [-0.25, -0.2) is 38.2 Å².